The van der Waals surface area contributed by atoms with Gasteiger partial charge in [0.2, 0.25) is 5.89 Å². The molecule has 1 fully saturated rings. The van der Waals surface area contributed by atoms with Crippen LogP contribution in [0.25, 0.3) is 11.1 Å². The van der Waals surface area contributed by atoms with Crippen molar-refractivity contribution in [1.82, 2.24) is 15.2 Å². The molecule has 0 amide bonds. The number of benzene rings is 1. The molecular weight excluding hydrogens is 245 g/mol. The van der Waals surface area contributed by atoms with Gasteiger partial charge in [-0.1, -0.05) is 0 Å². The summed E-state index contributed by atoms with van der Waals surface area (Å²) in [6.45, 7) is 2.75. The number of fused-ring (bicyclic) bond motifs is 1. The van der Waals surface area contributed by atoms with Gasteiger partial charge in [-0.05, 0) is 38.6 Å². The second-order valence-corrected chi connectivity index (χ2v) is 5.08. The van der Waals surface area contributed by atoms with Gasteiger partial charge in [-0.25, -0.2) is 9.37 Å². The summed E-state index contributed by atoms with van der Waals surface area (Å²) in [4.78, 5) is 6.73. The van der Waals surface area contributed by atoms with E-state index < -0.39 is 0 Å². The molecule has 0 radical (unpaired) electrons. The fraction of sp³-hybridized carbons (Fsp3) is 0.500. The van der Waals surface area contributed by atoms with Crippen LogP contribution in [0.3, 0.4) is 0 Å². The van der Waals surface area contributed by atoms with Gasteiger partial charge in [-0.15, -0.1) is 0 Å². The highest BCUT2D eigenvalue weighted by molar-refractivity contribution is 5.72. The predicted octanol–water partition coefficient (Wildman–Crippen LogP) is 2.15. The summed E-state index contributed by atoms with van der Waals surface area (Å²) in [6.07, 6.45) is 2.39. The van der Waals surface area contributed by atoms with Gasteiger partial charge in [0, 0.05) is 18.7 Å². The van der Waals surface area contributed by atoms with Crippen LogP contribution in [0.4, 0.5) is 4.39 Å². The SMILES string of the molecule is CNC1CCCN(Cc2nc3ccc(F)cc3o2)C1. The highest BCUT2D eigenvalue weighted by atomic mass is 19.1. The zero-order valence-electron chi connectivity index (χ0n) is 11.0. The number of nitrogens with one attached hydrogen (secondary N) is 1. The number of rotatable bonds is 3. The standard InChI is InChI=1S/C14H18FN3O/c1-16-11-3-2-6-18(8-11)9-14-17-12-5-4-10(15)7-13(12)19-14/h4-5,7,11,16H,2-3,6,8-9H2,1H3. The highest BCUT2D eigenvalue weighted by Gasteiger charge is 2.20. The molecule has 5 heteroatoms. The van der Waals surface area contributed by atoms with E-state index in [-0.39, 0.29) is 5.82 Å². The molecule has 4 nitrogen and oxygen atoms in total. The zero-order chi connectivity index (χ0) is 13.2. The maximum absolute atomic E-state index is 13.1. The van der Waals surface area contributed by atoms with Crippen LogP contribution in [-0.2, 0) is 6.54 Å². The molecule has 3 rings (SSSR count). The van der Waals surface area contributed by atoms with Crippen molar-refractivity contribution < 1.29 is 8.81 Å². The molecule has 1 aromatic carbocycles. The molecule has 19 heavy (non-hydrogen) atoms. The Bertz CT molecular complexity index is 569. The summed E-state index contributed by atoms with van der Waals surface area (Å²) < 4.78 is 18.7. The fourth-order valence-corrected chi connectivity index (χ4v) is 2.64. The number of halogens is 1. The number of hydrogen-bond donors (Lipinski definition) is 1. The van der Waals surface area contributed by atoms with Crippen molar-refractivity contribution in [3.8, 4) is 0 Å². The van der Waals surface area contributed by atoms with Gasteiger partial charge in [0.15, 0.2) is 5.58 Å². The smallest absolute Gasteiger partial charge is 0.209 e. The van der Waals surface area contributed by atoms with Crippen LogP contribution in [0, 0.1) is 5.82 Å². The molecule has 1 saturated heterocycles. The second-order valence-electron chi connectivity index (χ2n) is 5.08. The summed E-state index contributed by atoms with van der Waals surface area (Å²) in [5.41, 5.74) is 1.25. The first-order valence-electron chi connectivity index (χ1n) is 6.69. The second kappa shape index (κ2) is 5.27. The number of nitrogens with zero attached hydrogens (tertiary/aromatic N) is 2. The molecule has 1 unspecified atom stereocenters. The minimum Gasteiger partial charge on any atom is -0.439 e. The molecule has 2 aromatic rings. The quantitative estimate of drug-likeness (QED) is 0.921. The Morgan fingerprint density at radius 2 is 2.42 bits per heavy atom. The minimum atomic E-state index is -0.289. The first kappa shape index (κ1) is 12.6. The van der Waals surface area contributed by atoms with Crippen LogP contribution < -0.4 is 5.32 Å². The molecule has 1 aromatic heterocycles. The van der Waals surface area contributed by atoms with Crippen LogP contribution in [0.1, 0.15) is 18.7 Å². The maximum Gasteiger partial charge on any atom is 0.209 e. The van der Waals surface area contributed by atoms with E-state index in [0.717, 1.165) is 18.6 Å². The molecule has 0 bridgehead atoms. The van der Waals surface area contributed by atoms with Crippen molar-refractivity contribution in [2.45, 2.75) is 25.4 Å². The Labute approximate surface area is 111 Å². The van der Waals surface area contributed by atoms with Gasteiger partial charge in [0.25, 0.3) is 0 Å². The number of aromatic nitrogens is 1. The number of likely N-dealkylation sites (tertiary alicyclic amines) is 1. The number of likely N-dealkylation sites (N-methyl/N-ethyl adjacent to an activating group) is 1. The van der Waals surface area contributed by atoms with Crippen LogP contribution in [0.2, 0.25) is 0 Å². The third-order valence-corrected chi connectivity index (χ3v) is 3.67. The number of hydrogen-bond acceptors (Lipinski definition) is 4. The minimum absolute atomic E-state index is 0.289. The lowest BCUT2D eigenvalue weighted by atomic mass is 10.1. The summed E-state index contributed by atoms with van der Waals surface area (Å²) >= 11 is 0. The molecular formula is C14H18FN3O. The van der Waals surface area contributed by atoms with Crippen LogP contribution >= 0.6 is 0 Å². The molecule has 0 aliphatic carbocycles. The molecule has 1 N–H and O–H groups in total. The van der Waals surface area contributed by atoms with E-state index in [1.807, 2.05) is 7.05 Å². The van der Waals surface area contributed by atoms with Crippen LogP contribution in [-0.4, -0.2) is 36.1 Å². The molecule has 1 aliphatic heterocycles. The van der Waals surface area contributed by atoms with Crippen molar-refractivity contribution >= 4 is 11.1 Å². The van der Waals surface area contributed by atoms with Gasteiger partial charge >= 0.3 is 0 Å². The molecule has 0 saturated carbocycles. The first-order valence-corrected chi connectivity index (χ1v) is 6.69. The van der Waals surface area contributed by atoms with Crippen molar-refractivity contribution in [3.05, 3.63) is 29.9 Å². The normalized spacial score (nSPS) is 21.1. The third kappa shape index (κ3) is 2.77. The van der Waals surface area contributed by atoms with E-state index in [4.69, 9.17) is 4.42 Å². The maximum atomic E-state index is 13.1. The molecule has 0 spiro atoms. The summed E-state index contributed by atoms with van der Waals surface area (Å²) in [5, 5.41) is 3.31. The fourth-order valence-electron chi connectivity index (χ4n) is 2.64. The van der Waals surface area contributed by atoms with Crippen LogP contribution in [0.15, 0.2) is 22.6 Å². The van der Waals surface area contributed by atoms with Crippen LogP contribution in [0.5, 0.6) is 0 Å². The topological polar surface area (TPSA) is 41.3 Å². The average molecular weight is 263 g/mol. The summed E-state index contributed by atoms with van der Waals surface area (Å²) in [7, 11) is 2.00. The van der Waals surface area contributed by atoms with E-state index >= 15 is 0 Å². The van der Waals surface area contributed by atoms with Gasteiger partial charge in [-0.2, -0.15) is 0 Å². The molecule has 2 heterocycles. The first-order chi connectivity index (χ1) is 9.24. The van der Waals surface area contributed by atoms with Gasteiger partial charge < -0.3 is 9.73 Å². The van der Waals surface area contributed by atoms with Gasteiger partial charge in [-0.3, -0.25) is 4.90 Å². The lowest BCUT2D eigenvalue weighted by molar-refractivity contribution is 0.174. The number of piperidine rings is 1. The predicted molar refractivity (Wildman–Crippen MR) is 71.3 cm³/mol. The van der Waals surface area contributed by atoms with Gasteiger partial charge in [0.05, 0.1) is 6.54 Å². The van der Waals surface area contributed by atoms with E-state index in [2.05, 4.69) is 15.2 Å². The number of oxazole rings is 1. The summed E-state index contributed by atoms with van der Waals surface area (Å²) in [6, 6.07) is 4.99. The zero-order valence-corrected chi connectivity index (χ0v) is 11.0. The largest absolute Gasteiger partial charge is 0.439 e. The summed E-state index contributed by atoms with van der Waals surface area (Å²) in [5.74, 6) is 0.376. The monoisotopic (exact) mass is 263 g/mol. The molecule has 1 aliphatic rings. The van der Waals surface area contributed by atoms with Crippen molar-refractivity contribution in [3.63, 3.8) is 0 Å². The Balaban J connectivity index is 1.74. The average Bonchev–Trinajstić information content (AvgIpc) is 2.80. The lowest BCUT2D eigenvalue weighted by Gasteiger charge is -2.31. The third-order valence-electron chi connectivity index (χ3n) is 3.67. The van der Waals surface area contributed by atoms with E-state index in [0.29, 0.717) is 24.1 Å². The highest BCUT2D eigenvalue weighted by Crippen LogP contribution is 2.19. The van der Waals surface area contributed by atoms with Crippen molar-refractivity contribution in [2.75, 3.05) is 20.1 Å². The lowest BCUT2D eigenvalue weighted by Crippen LogP contribution is -2.43. The Kier molecular flexibility index (Phi) is 3.48. The Hall–Kier alpha value is -1.46. The van der Waals surface area contributed by atoms with Gasteiger partial charge in [0.1, 0.15) is 11.3 Å². The Morgan fingerprint density at radius 3 is 3.26 bits per heavy atom. The molecule has 1 atom stereocenters. The van der Waals surface area contributed by atoms with E-state index in [1.165, 1.54) is 25.0 Å². The molecule has 102 valence electrons. The van der Waals surface area contributed by atoms with Crippen molar-refractivity contribution in [1.29, 1.82) is 0 Å². The van der Waals surface area contributed by atoms with E-state index in [1.54, 1.807) is 6.07 Å². The van der Waals surface area contributed by atoms with E-state index in [9.17, 15) is 4.39 Å². The van der Waals surface area contributed by atoms with Crippen molar-refractivity contribution in [2.24, 2.45) is 0 Å². The Morgan fingerprint density at radius 1 is 1.53 bits per heavy atom.